The highest BCUT2D eigenvalue weighted by Crippen LogP contribution is 2.46. The van der Waals surface area contributed by atoms with E-state index in [2.05, 4.69) is 10.6 Å². The minimum absolute atomic E-state index is 0.202. The van der Waals surface area contributed by atoms with Crippen molar-refractivity contribution >= 4 is 34.9 Å². The maximum atomic E-state index is 13.1. The number of hydrogen-bond donors (Lipinski definition) is 2. The standard InChI is InChI=1S/C24H19ClFN3O3/c1-24-13-20(19-12-15(25)4-11-21(19)32-24)28-23(31)29(24)18-9-2-14(3-10-18)22(30)27-17-7-5-16(26)6-8-17/h2-12,20H,13H2,1H3,(H,27,30)(H,28,31). The quantitative estimate of drug-likeness (QED) is 0.552. The van der Waals surface area contributed by atoms with Crippen LogP contribution in [0.3, 0.4) is 0 Å². The van der Waals surface area contributed by atoms with Gasteiger partial charge in [0.2, 0.25) is 0 Å². The average Bonchev–Trinajstić information content (AvgIpc) is 2.76. The van der Waals surface area contributed by atoms with Gasteiger partial charge in [0, 0.05) is 33.9 Å². The summed E-state index contributed by atoms with van der Waals surface area (Å²) >= 11 is 6.12. The van der Waals surface area contributed by atoms with Crippen LogP contribution in [0.5, 0.6) is 5.75 Å². The number of nitrogens with zero attached hydrogens (tertiary/aromatic N) is 1. The van der Waals surface area contributed by atoms with Crippen LogP contribution in [0.2, 0.25) is 5.02 Å². The highest BCUT2D eigenvalue weighted by molar-refractivity contribution is 6.30. The van der Waals surface area contributed by atoms with Gasteiger partial charge in [0.05, 0.1) is 6.04 Å². The van der Waals surface area contributed by atoms with Crippen molar-refractivity contribution in [3.05, 3.63) is 88.7 Å². The molecule has 5 rings (SSSR count). The lowest BCUT2D eigenvalue weighted by Gasteiger charge is -2.50. The Hall–Kier alpha value is -3.58. The van der Waals surface area contributed by atoms with Gasteiger partial charge in [0.15, 0.2) is 5.72 Å². The highest BCUT2D eigenvalue weighted by atomic mass is 35.5. The summed E-state index contributed by atoms with van der Waals surface area (Å²) in [5, 5.41) is 6.32. The van der Waals surface area contributed by atoms with Crippen LogP contribution in [-0.2, 0) is 0 Å². The second-order valence-electron chi connectivity index (χ2n) is 8.01. The lowest BCUT2D eigenvalue weighted by atomic mass is 9.90. The van der Waals surface area contributed by atoms with Gasteiger partial charge in [-0.1, -0.05) is 11.6 Å². The minimum atomic E-state index is -0.897. The molecule has 2 bridgehead atoms. The van der Waals surface area contributed by atoms with Gasteiger partial charge in [-0.3, -0.25) is 9.69 Å². The molecule has 3 amide bonds. The topological polar surface area (TPSA) is 70.7 Å². The molecule has 2 atom stereocenters. The normalized spacial score (nSPS) is 21.3. The molecule has 2 unspecified atom stereocenters. The van der Waals surface area contributed by atoms with Crippen LogP contribution >= 0.6 is 11.6 Å². The van der Waals surface area contributed by atoms with Crippen molar-refractivity contribution in [2.75, 3.05) is 10.2 Å². The summed E-state index contributed by atoms with van der Waals surface area (Å²) in [6.07, 6.45) is 0.541. The zero-order chi connectivity index (χ0) is 22.5. The van der Waals surface area contributed by atoms with E-state index in [1.165, 1.54) is 24.3 Å². The van der Waals surface area contributed by atoms with Crippen molar-refractivity contribution < 1.29 is 18.7 Å². The molecule has 3 aromatic rings. The molecule has 0 radical (unpaired) electrons. The number of benzene rings is 3. The number of amides is 3. The predicted molar refractivity (Wildman–Crippen MR) is 120 cm³/mol. The Morgan fingerprint density at radius 2 is 1.88 bits per heavy atom. The number of halogens is 2. The van der Waals surface area contributed by atoms with Crippen LogP contribution in [0.25, 0.3) is 0 Å². The molecule has 1 saturated heterocycles. The van der Waals surface area contributed by atoms with Gasteiger partial charge in [-0.15, -0.1) is 0 Å². The molecule has 1 fully saturated rings. The van der Waals surface area contributed by atoms with Crippen molar-refractivity contribution in [3.63, 3.8) is 0 Å². The molecule has 0 aliphatic carbocycles. The summed E-state index contributed by atoms with van der Waals surface area (Å²) < 4.78 is 19.3. The number of fused-ring (bicyclic) bond motifs is 4. The van der Waals surface area contributed by atoms with E-state index in [0.29, 0.717) is 34.1 Å². The summed E-state index contributed by atoms with van der Waals surface area (Å²) in [5.41, 5.74) is 1.45. The summed E-state index contributed by atoms with van der Waals surface area (Å²) in [6, 6.07) is 17.1. The molecule has 8 heteroatoms. The number of rotatable bonds is 3. The fourth-order valence-electron chi connectivity index (χ4n) is 4.23. The maximum Gasteiger partial charge on any atom is 0.325 e. The molecule has 3 aromatic carbocycles. The van der Waals surface area contributed by atoms with Gasteiger partial charge in [0.25, 0.3) is 5.91 Å². The van der Waals surface area contributed by atoms with Crippen molar-refractivity contribution in [2.24, 2.45) is 0 Å². The van der Waals surface area contributed by atoms with Crippen LogP contribution in [0, 0.1) is 5.82 Å². The molecule has 0 aromatic heterocycles. The first-order chi connectivity index (χ1) is 15.3. The third-order valence-corrected chi connectivity index (χ3v) is 5.96. The Morgan fingerprint density at radius 1 is 1.16 bits per heavy atom. The second kappa shape index (κ2) is 7.53. The summed E-state index contributed by atoms with van der Waals surface area (Å²) in [6.45, 7) is 1.87. The Morgan fingerprint density at radius 3 is 2.59 bits per heavy atom. The number of carbonyl (C=O) groups excluding carboxylic acids is 2. The van der Waals surface area contributed by atoms with Crippen molar-refractivity contribution in [1.29, 1.82) is 0 Å². The zero-order valence-electron chi connectivity index (χ0n) is 17.1. The van der Waals surface area contributed by atoms with E-state index in [1.54, 1.807) is 41.3 Å². The number of nitrogens with one attached hydrogen (secondary N) is 2. The monoisotopic (exact) mass is 451 g/mol. The third kappa shape index (κ3) is 3.54. The highest BCUT2D eigenvalue weighted by Gasteiger charge is 2.49. The number of anilines is 2. The van der Waals surface area contributed by atoms with Crippen molar-refractivity contribution in [1.82, 2.24) is 5.32 Å². The first-order valence-electron chi connectivity index (χ1n) is 10.1. The van der Waals surface area contributed by atoms with E-state index >= 15 is 0 Å². The smallest absolute Gasteiger partial charge is 0.325 e. The van der Waals surface area contributed by atoms with Crippen LogP contribution in [0.1, 0.15) is 35.3 Å². The molecule has 2 N–H and O–H groups in total. The van der Waals surface area contributed by atoms with E-state index in [-0.39, 0.29) is 23.8 Å². The van der Waals surface area contributed by atoms with E-state index in [1.807, 2.05) is 13.0 Å². The van der Waals surface area contributed by atoms with Crippen LogP contribution in [-0.4, -0.2) is 17.7 Å². The Bertz CT molecular complexity index is 1220. The molecule has 6 nitrogen and oxygen atoms in total. The molecule has 2 aliphatic heterocycles. The Balaban J connectivity index is 1.39. The number of hydrogen-bond acceptors (Lipinski definition) is 3. The lowest BCUT2D eigenvalue weighted by molar-refractivity contribution is 0.0379. The first-order valence-corrected chi connectivity index (χ1v) is 10.5. The van der Waals surface area contributed by atoms with Crippen LogP contribution < -0.4 is 20.3 Å². The molecule has 0 spiro atoms. The fraction of sp³-hybridized carbons (Fsp3) is 0.167. The van der Waals surface area contributed by atoms with E-state index in [0.717, 1.165) is 5.56 Å². The number of carbonyl (C=O) groups is 2. The SMILES string of the molecule is CC12CC(NC(=O)N1c1ccc(C(=O)Nc3ccc(F)cc3)cc1)c1cc(Cl)ccc1O2. The van der Waals surface area contributed by atoms with Crippen LogP contribution in [0.4, 0.5) is 20.6 Å². The summed E-state index contributed by atoms with van der Waals surface area (Å²) in [5.74, 6) is -0.0377. The second-order valence-corrected chi connectivity index (χ2v) is 8.45. The van der Waals surface area contributed by atoms with Gasteiger partial charge < -0.3 is 15.4 Å². The number of urea groups is 1. The summed E-state index contributed by atoms with van der Waals surface area (Å²) in [4.78, 5) is 27.1. The third-order valence-electron chi connectivity index (χ3n) is 5.72. The largest absolute Gasteiger partial charge is 0.467 e. The maximum absolute atomic E-state index is 13.1. The van der Waals surface area contributed by atoms with Gasteiger partial charge in [-0.25, -0.2) is 9.18 Å². The molecular formula is C24H19ClFN3O3. The van der Waals surface area contributed by atoms with Crippen LogP contribution in [0.15, 0.2) is 66.7 Å². The fourth-order valence-corrected chi connectivity index (χ4v) is 4.42. The van der Waals surface area contributed by atoms with E-state index in [9.17, 15) is 14.0 Å². The van der Waals surface area contributed by atoms with E-state index < -0.39 is 5.72 Å². The molecule has 2 aliphatic rings. The molecule has 162 valence electrons. The van der Waals surface area contributed by atoms with Gasteiger partial charge in [0.1, 0.15) is 11.6 Å². The Labute approximate surface area is 188 Å². The molecular weight excluding hydrogens is 433 g/mol. The minimum Gasteiger partial charge on any atom is -0.467 e. The number of ether oxygens (including phenoxy) is 1. The van der Waals surface area contributed by atoms with Gasteiger partial charge in [-0.05, 0) is 73.7 Å². The Kier molecular flexibility index (Phi) is 4.78. The van der Waals surface area contributed by atoms with Crippen molar-refractivity contribution in [2.45, 2.75) is 25.1 Å². The molecule has 2 heterocycles. The predicted octanol–water partition coefficient (Wildman–Crippen LogP) is 5.50. The first kappa shape index (κ1) is 20.3. The lowest BCUT2D eigenvalue weighted by Crippen LogP contribution is -2.65. The molecule has 0 saturated carbocycles. The van der Waals surface area contributed by atoms with Gasteiger partial charge in [-0.2, -0.15) is 0 Å². The summed E-state index contributed by atoms with van der Waals surface area (Å²) in [7, 11) is 0. The molecule has 32 heavy (non-hydrogen) atoms. The van der Waals surface area contributed by atoms with Gasteiger partial charge >= 0.3 is 6.03 Å². The zero-order valence-corrected chi connectivity index (χ0v) is 17.8. The van der Waals surface area contributed by atoms with E-state index in [4.69, 9.17) is 16.3 Å². The van der Waals surface area contributed by atoms with Crippen molar-refractivity contribution in [3.8, 4) is 5.75 Å². The average molecular weight is 452 g/mol.